The molecule has 0 fully saturated rings. The van der Waals surface area contributed by atoms with Gasteiger partial charge in [-0.1, -0.05) is 109 Å². The molecule has 0 aliphatic heterocycles. The van der Waals surface area contributed by atoms with E-state index in [-0.39, 0.29) is 0 Å². The summed E-state index contributed by atoms with van der Waals surface area (Å²) in [5.41, 5.74) is 8.20. The van der Waals surface area contributed by atoms with E-state index in [0.29, 0.717) is 17.5 Å². The van der Waals surface area contributed by atoms with Crippen molar-refractivity contribution in [3.05, 3.63) is 140 Å². The maximum Gasteiger partial charge on any atom is 0.178 e. The lowest BCUT2D eigenvalue weighted by molar-refractivity contribution is 0.633. The van der Waals surface area contributed by atoms with Gasteiger partial charge in [0.15, 0.2) is 28.6 Å². The minimum atomic E-state index is 0.631. The normalized spacial score (nSPS) is 11.6. The lowest BCUT2D eigenvalue weighted by Crippen LogP contribution is -2.00. The largest absolute Gasteiger partial charge is 0.452 e. The third-order valence-electron chi connectivity index (χ3n) is 8.16. The Kier molecular flexibility index (Phi) is 5.43. The zero-order valence-electron chi connectivity index (χ0n) is 23.4. The summed E-state index contributed by atoms with van der Waals surface area (Å²) < 4.78 is 12.7. The molecule has 0 saturated heterocycles. The maximum absolute atomic E-state index is 6.44. The summed E-state index contributed by atoms with van der Waals surface area (Å²) in [6, 6.07) is 47.1. The molecule has 9 aromatic rings. The fraction of sp³-hybridized carbons (Fsp3) is 0. The lowest BCUT2D eigenvalue weighted by Gasteiger charge is -2.09. The van der Waals surface area contributed by atoms with Crippen molar-refractivity contribution in [3.8, 4) is 45.3 Å². The third-order valence-corrected chi connectivity index (χ3v) is 8.16. The van der Waals surface area contributed by atoms with Crippen LogP contribution in [0.3, 0.4) is 0 Å². The topological polar surface area (TPSA) is 65.0 Å². The summed E-state index contributed by atoms with van der Waals surface area (Å²) in [4.78, 5) is 14.5. The van der Waals surface area contributed by atoms with Crippen molar-refractivity contribution in [1.29, 1.82) is 0 Å². The number of furan rings is 2. The molecule has 0 amide bonds. The van der Waals surface area contributed by atoms with Crippen LogP contribution in [0.25, 0.3) is 89.2 Å². The van der Waals surface area contributed by atoms with Gasteiger partial charge in [0.2, 0.25) is 0 Å². The van der Waals surface area contributed by atoms with Crippen LogP contribution in [0.15, 0.2) is 148 Å². The molecule has 0 N–H and O–H groups in total. The first kappa shape index (κ1) is 24.5. The van der Waals surface area contributed by atoms with Gasteiger partial charge in [-0.25, -0.2) is 15.0 Å². The molecule has 0 unspecified atom stereocenters. The number of hydrogen-bond acceptors (Lipinski definition) is 5. The second kappa shape index (κ2) is 9.75. The van der Waals surface area contributed by atoms with E-state index >= 15 is 0 Å². The third kappa shape index (κ3) is 3.98. The molecule has 5 heteroatoms. The Labute approximate surface area is 252 Å². The summed E-state index contributed by atoms with van der Waals surface area (Å²) in [6.45, 7) is 0. The molecule has 206 valence electrons. The van der Waals surface area contributed by atoms with Gasteiger partial charge in [-0.3, -0.25) is 0 Å². The average molecular weight is 566 g/mol. The fourth-order valence-corrected chi connectivity index (χ4v) is 5.95. The van der Waals surface area contributed by atoms with Gasteiger partial charge in [0.05, 0.1) is 0 Å². The van der Waals surface area contributed by atoms with Crippen LogP contribution in [0.5, 0.6) is 0 Å². The summed E-state index contributed by atoms with van der Waals surface area (Å²) in [7, 11) is 0. The maximum atomic E-state index is 6.44. The van der Waals surface area contributed by atoms with Gasteiger partial charge in [0, 0.05) is 38.2 Å². The molecule has 0 spiro atoms. The van der Waals surface area contributed by atoms with Crippen molar-refractivity contribution in [2.24, 2.45) is 0 Å². The van der Waals surface area contributed by atoms with Gasteiger partial charge in [-0.2, -0.15) is 0 Å². The molecule has 0 aliphatic carbocycles. The van der Waals surface area contributed by atoms with Crippen LogP contribution in [0.4, 0.5) is 0 Å². The second-order valence-corrected chi connectivity index (χ2v) is 10.8. The van der Waals surface area contributed by atoms with Crippen LogP contribution < -0.4 is 0 Å². The van der Waals surface area contributed by atoms with E-state index in [9.17, 15) is 0 Å². The molecule has 0 atom stereocenters. The monoisotopic (exact) mass is 565 g/mol. The van der Waals surface area contributed by atoms with E-state index in [4.69, 9.17) is 23.8 Å². The average Bonchev–Trinajstić information content (AvgIpc) is 3.67. The molecule has 44 heavy (non-hydrogen) atoms. The number of nitrogens with zero attached hydrogens (tertiary/aromatic N) is 3. The van der Waals surface area contributed by atoms with Gasteiger partial charge in [-0.05, 0) is 41.5 Å². The van der Waals surface area contributed by atoms with E-state index in [1.807, 2.05) is 78.9 Å². The molecule has 3 heterocycles. The Morgan fingerprint density at radius 2 is 0.750 bits per heavy atom. The first-order valence-electron chi connectivity index (χ1n) is 14.5. The van der Waals surface area contributed by atoms with E-state index in [0.717, 1.165) is 71.7 Å². The Bertz CT molecular complexity index is 2420. The van der Waals surface area contributed by atoms with Crippen molar-refractivity contribution in [2.75, 3.05) is 0 Å². The van der Waals surface area contributed by atoms with Crippen LogP contribution in [0, 0.1) is 0 Å². The van der Waals surface area contributed by atoms with Crippen LogP contribution in [-0.2, 0) is 0 Å². The smallest absolute Gasteiger partial charge is 0.178 e. The molecule has 9 rings (SSSR count). The van der Waals surface area contributed by atoms with Crippen molar-refractivity contribution < 1.29 is 8.83 Å². The quantitative estimate of drug-likeness (QED) is 0.212. The predicted molar refractivity (Wildman–Crippen MR) is 176 cm³/mol. The van der Waals surface area contributed by atoms with Crippen molar-refractivity contribution in [1.82, 2.24) is 15.0 Å². The van der Waals surface area contributed by atoms with Gasteiger partial charge < -0.3 is 8.83 Å². The summed E-state index contributed by atoms with van der Waals surface area (Å²) >= 11 is 0. The Balaban J connectivity index is 1.11. The summed E-state index contributed by atoms with van der Waals surface area (Å²) in [6.07, 6.45) is 0. The lowest BCUT2D eigenvalue weighted by atomic mass is 10.0. The van der Waals surface area contributed by atoms with E-state index in [1.165, 1.54) is 0 Å². The van der Waals surface area contributed by atoms with Crippen LogP contribution in [0.1, 0.15) is 0 Å². The number of para-hydroxylation sites is 1. The Morgan fingerprint density at radius 3 is 1.36 bits per heavy atom. The molecule has 0 radical (unpaired) electrons. The van der Waals surface area contributed by atoms with Gasteiger partial charge in [0.1, 0.15) is 11.2 Å². The first-order valence-corrected chi connectivity index (χ1v) is 14.5. The Hall–Kier alpha value is -6.07. The molecule has 3 aromatic heterocycles. The first-order chi connectivity index (χ1) is 21.8. The van der Waals surface area contributed by atoms with Crippen molar-refractivity contribution in [2.45, 2.75) is 0 Å². The second-order valence-electron chi connectivity index (χ2n) is 10.8. The number of fused-ring (bicyclic) bond motifs is 7. The zero-order valence-corrected chi connectivity index (χ0v) is 23.4. The van der Waals surface area contributed by atoms with E-state index < -0.39 is 0 Å². The molecule has 0 bridgehead atoms. The Morgan fingerprint density at radius 1 is 0.318 bits per heavy atom. The molecular formula is C39H23N3O2. The summed E-state index contributed by atoms with van der Waals surface area (Å²) in [5, 5.41) is 4.27. The van der Waals surface area contributed by atoms with Crippen LogP contribution in [0.2, 0.25) is 0 Å². The number of aromatic nitrogens is 3. The minimum Gasteiger partial charge on any atom is -0.452 e. The number of rotatable bonds is 4. The molecule has 5 nitrogen and oxygen atoms in total. The fourth-order valence-electron chi connectivity index (χ4n) is 5.95. The summed E-state index contributed by atoms with van der Waals surface area (Å²) in [5.74, 6) is 1.92. The molecule has 0 saturated carbocycles. The number of benzene rings is 6. The van der Waals surface area contributed by atoms with Gasteiger partial charge >= 0.3 is 0 Å². The SMILES string of the molecule is c1ccc(-c2nc(-c3ccccc3)nc(-c3ccc(-c4ccc5c(c4)oc4c5ccc5c6ccccc6oc54)cc3)n2)cc1. The van der Waals surface area contributed by atoms with Crippen molar-refractivity contribution >= 4 is 43.9 Å². The number of hydrogen-bond donors (Lipinski definition) is 0. The van der Waals surface area contributed by atoms with Crippen LogP contribution in [-0.4, -0.2) is 15.0 Å². The standard InChI is InChI=1S/C39H23N3O2/c1-3-9-25(10-4-1)37-40-38(26-11-5-2-6-12-26)42-39(41-37)27-17-15-24(16-18-27)28-19-20-30-32-22-21-31-29-13-7-8-14-33(29)43-35(31)36(32)44-34(30)23-28/h1-23H. The molecular weight excluding hydrogens is 542 g/mol. The molecule has 0 aliphatic rings. The van der Waals surface area contributed by atoms with Gasteiger partial charge in [-0.15, -0.1) is 0 Å². The molecule has 6 aromatic carbocycles. The highest BCUT2D eigenvalue weighted by Crippen LogP contribution is 2.39. The minimum absolute atomic E-state index is 0.631. The van der Waals surface area contributed by atoms with Crippen LogP contribution >= 0.6 is 0 Å². The highest BCUT2D eigenvalue weighted by atomic mass is 16.4. The van der Waals surface area contributed by atoms with Gasteiger partial charge in [0.25, 0.3) is 0 Å². The van der Waals surface area contributed by atoms with Crippen molar-refractivity contribution in [3.63, 3.8) is 0 Å². The predicted octanol–water partition coefficient (Wildman–Crippen LogP) is 10.3. The highest BCUT2D eigenvalue weighted by molar-refractivity contribution is 6.19. The highest BCUT2D eigenvalue weighted by Gasteiger charge is 2.17. The van der Waals surface area contributed by atoms with E-state index in [2.05, 4.69) is 60.7 Å². The zero-order chi connectivity index (χ0) is 29.0. The van der Waals surface area contributed by atoms with E-state index in [1.54, 1.807) is 0 Å².